The van der Waals surface area contributed by atoms with Gasteiger partial charge in [0.1, 0.15) is 0 Å². The predicted molar refractivity (Wildman–Crippen MR) is 98.7 cm³/mol. The molecule has 0 spiro atoms. The first-order valence-corrected chi connectivity index (χ1v) is 9.53. The molecule has 1 rings (SSSR count). The number of carbonyl (C=O) groups excluding carboxylic acids is 1. The lowest BCUT2D eigenvalue weighted by Crippen LogP contribution is -2.18. The smallest absolute Gasteiger partial charge is 0.308 e. The summed E-state index contributed by atoms with van der Waals surface area (Å²) in [5.74, 6) is 0.0600. The van der Waals surface area contributed by atoms with Crippen LogP contribution < -0.4 is 5.73 Å². The van der Waals surface area contributed by atoms with E-state index in [1.54, 1.807) is 6.20 Å². The molecule has 1 aromatic rings. The Labute approximate surface area is 147 Å². The number of aryl methyl sites for hydroxylation is 1. The number of rotatable bonds is 14. The van der Waals surface area contributed by atoms with Crippen LogP contribution in [0.4, 0.5) is 0 Å². The third-order valence-electron chi connectivity index (χ3n) is 4.37. The highest BCUT2D eigenvalue weighted by atomic mass is 16.5. The number of hydrogen-bond acceptors (Lipinski definition) is 4. The summed E-state index contributed by atoms with van der Waals surface area (Å²) in [7, 11) is 0. The van der Waals surface area contributed by atoms with Gasteiger partial charge < -0.3 is 10.5 Å². The fourth-order valence-corrected chi connectivity index (χ4v) is 2.97. The van der Waals surface area contributed by atoms with Crippen LogP contribution in [0.3, 0.4) is 0 Å². The van der Waals surface area contributed by atoms with Crippen molar-refractivity contribution in [3.05, 3.63) is 30.1 Å². The van der Waals surface area contributed by atoms with Crippen LogP contribution >= 0.6 is 0 Å². The van der Waals surface area contributed by atoms with Gasteiger partial charge in [0.2, 0.25) is 0 Å². The standard InChI is InChI=1S/C20H34N2O2/c1-2-24-20(23)19(13-7-3-4-9-15-21)14-8-5-6-11-18-12-10-16-22-17-18/h10,12,16-17,19H,2-9,11,13-15,21H2,1H3. The number of aromatic nitrogens is 1. The fourth-order valence-electron chi connectivity index (χ4n) is 2.97. The van der Waals surface area contributed by atoms with E-state index in [9.17, 15) is 4.79 Å². The number of nitrogens with two attached hydrogens (primary N) is 1. The van der Waals surface area contributed by atoms with Gasteiger partial charge >= 0.3 is 5.97 Å². The molecule has 24 heavy (non-hydrogen) atoms. The second kappa shape index (κ2) is 14.0. The van der Waals surface area contributed by atoms with Crippen LogP contribution in [0, 0.1) is 5.92 Å². The van der Waals surface area contributed by atoms with E-state index in [-0.39, 0.29) is 11.9 Å². The topological polar surface area (TPSA) is 65.2 Å². The molecule has 0 fully saturated rings. The normalized spacial score (nSPS) is 12.1. The average Bonchev–Trinajstić information content (AvgIpc) is 2.60. The van der Waals surface area contributed by atoms with Gasteiger partial charge in [-0.2, -0.15) is 0 Å². The largest absolute Gasteiger partial charge is 0.466 e. The Morgan fingerprint density at radius 3 is 2.46 bits per heavy atom. The summed E-state index contributed by atoms with van der Waals surface area (Å²) in [6.45, 7) is 3.12. The maximum atomic E-state index is 12.1. The molecular weight excluding hydrogens is 300 g/mol. The van der Waals surface area contributed by atoms with Gasteiger partial charge in [-0.25, -0.2) is 0 Å². The van der Waals surface area contributed by atoms with Crippen LogP contribution in [0.25, 0.3) is 0 Å². The highest BCUT2D eigenvalue weighted by molar-refractivity contribution is 5.72. The van der Waals surface area contributed by atoms with E-state index in [1.807, 2.05) is 19.2 Å². The molecule has 1 aromatic heterocycles. The lowest BCUT2D eigenvalue weighted by molar-refractivity contribution is -0.148. The number of ether oxygens (including phenoxy) is 1. The summed E-state index contributed by atoms with van der Waals surface area (Å²) in [5, 5.41) is 0. The zero-order valence-electron chi connectivity index (χ0n) is 15.2. The maximum absolute atomic E-state index is 12.1. The van der Waals surface area contributed by atoms with Crippen molar-refractivity contribution in [2.75, 3.05) is 13.2 Å². The molecule has 4 nitrogen and oxygen atoms in total. The molecule has 2 N–H and O–H groups in total. The van der Waals surface area contributed by atoms with Crippen molar-refractivity contribution < 1.29 is 9.53 Å². The van der Waals surface area contributed by atoms with E-state index in [2.05, 4.69) is 11.1 Å². The van der Waals surface area contributed by atoms with Crippen LogP contribution in [-0.2, 0) is 16.0 Å². The van der Waals surface area contributed by atoms with Gasteiger partial charge in [-0.1, -0.05) is 38.2 Å². The van der Waals surface area contributed by atoms with Crippen molar-refractivity contribution in [2.24, 2.45) is 11.7 Å². The number of pyridine rings is 1. The third-order valence-corrected chi connectivity index (χ3v) is 4.37. The Morgan fingerprint density at radius 1 is 1.12 bits per heavy atom. The first-order chi connectivity index (χ1) is 11.8. The summed E-state index contributed by atoms with van der Waals surface area (Å²) in [6.07, 6.45) is 14.6. The third kappa shape index (κ3) is 9.66. The predicted octanol–water partition coefficient (Wildman–Crippen LogP) is 4.27. The lowest BCUT2D eigenvalue weighted by Gasteiger charge is -2.15. The molecule has 0 aliphatic heterocycles. The second-order valence-electron chi connectivity index (χ2n) is 6.40. The summed E-state index contributed by atoms with van der Waals surface area (Å²) >= 11 is 0. The summed E-state index contributed by atoms with van der Waals surface area (Å²) in [6, 6.07) is 4.10. The van der Waals surface area contributed by atoms with Gasteiger partial charge in [-0.05, 0) is 57.2 Å². The molecule has 0 aromatic carbocycles. The van der Waals surface area contributed by atoms with Crippen LogP contribution in [0.5, 0.6) is 0 Å². The molecular formula is C20H34N2O2. The molecule has 0 bridgehead atoms. The zero-order valence-corrected chi connectivity index (χ0v) is 15.2. The van der Waals surface area contributed by atoms with Crippen LogP contribution in [0.15, 0.2) is 24.5 Å². The Hall–Kier alpha value is -1.42. The van der Waals surface area contributed by atoms with Gasteiger partial charge in [0.05, 0.1) is 12.5 Å². The quantitative estimate of drug-likeness (QED) is 0.407. The second-order valence-corrected chi connectivity index (χ2v) is 6.40. The monoisotopic (exact) mass is 334 g/mol. The number of unbranched alkanes of at least 4 members (excludes halogenated alkanes) is 5. The molecule has 0 saturated heterocycles. The Kier molecular flexibility index (Phi) is 12.0. The minimum Gasteiger partial charge on any atom is -0.466 e. The molecule has 0 aliphatic carbocycles. The number of hydrogen-bond donors (Lipinski definition) is 1. The molecule has 136 valence electrons. The summed E-state index contributed by atoms with van der Waals surface area (Å²) in [4.78, 5) is 16.2. The minimum atomic E-state index is -0.0106. The van der Waals surface area contributed by atoms with Gasteiger partial charge in [-0.3, -0.25) is 9.78 Å². The molecule has 0 radical (unpaired) electrons. The fraction of sp³-hybridized carbons (Fsp3) is 0.700. The lowest BCUT2D eigenvalue weighted by atomic mass is 9.94. The first-order valence-electron chi connectivity index (χ1n) is 9.53. The van der Waals surface area contributed by atoms with E-state index in [4.69, 9.17) is 10.5 Å². The van der Waals surface area contributed by atoms with Crippen molar-refractivity contribution in [3.8, 4) is 0 Å². The summed E-state index contributed by atoms with van der Waals surface area (Å²) in [5.41, 5.74) is 6.81. The average molecular weight is 335 g/mol. The number of nitrogens with zero attached hydrogens (tertiary/aromatic N) is 1. The van der Waals surface area contributed by atoms with Crippen LogP contribution in [0.2, 0.25) is 0 Å². The van der Waals surface area contributed by atoms with Crippen molar-refractivity contribution in [3.63, 3.8) is 0 Å². The molecule has 0 saturated carbocycles. The Bertz CT molecular complexity index is 423. The minimum absolute atomic E-state index is 0.0106. The summed E-state index contributed by atoms with van der Waals surface area (Å²) < 4.78 is 5.24. The van der Waals surface area contributed by atoms with Crippen molar-refractivity contribution in [1.29, 1.82) is 0 Å². The van der Waals surface area contributed by atoms with E-state index < -0.39 is 0 Å². The maximum Gasteiger partial charge on any atom is 0.308 e. The molecule has 0 amide bonds. The molecule has 1 heterocycles. The van der Waals surface area contributed by atoms with Gasteiger partial charge in [0.15, 0.2) is 0 Å². The van der Waals surface area contributed by atoms with Crippen molar-refractivity contribution in [1.82, 2.24) is 4.98 Å². The highest BCUT2D eigenvalue weighted by Gasteiger charge is 2.18. The Balaban J connectivity index is 2.21. The van der Waals surface area contributed by atoms with Gasteiger partial charge in [-0.15, -0.1) is 0 Å². The van der Waals surface area contributed by atoms with Gasteiger partial charge in [0.25, 0.3) is 0 Å². The van der Waals surface area contributed by atoms with Gasteiger partial charge in [0, 0.05) is 12.4 Å². The van der Waals surface area contributed by atoms with E-state index in [0.29, 0.717) is 6.61 Å². The molecule has 0 aliphatic rings. The first kappa shape index (κ1) is 20.6. The zero-order chi connectivity index (χ0) is 17.5. The van der Waals surface area contributed by atoms with Crippen molar-refractivity contribution in [2.45, 2.75) is 71.1 Å². The van der Waals surface area contributed by atoms with Crippen molar-refractivity contribution >= 4 is 5.97 Å². The van der Waals surface area contributed by atoms with E-state index in [1.165, 1.54) is 5.56 Å². The Morgan fingerprint density at radius 2 is 1.83 bits per heavy atom. The highest BCUT2D eigenvalue weighted by Crippen LogP contribution is 2.20. The number of esters is 1. The van der Waals surface area contributed by atoms with Crippen LogP contribution in [0.1, 0.15) is 70.3 Å². The van der Waals surface area contributed by atoms with E-state index >= 15 is 0 Å². The molecule has 4 heteroatoms. The molecule has 1 unspecified atom stereocenters. The number of carbonyl (C=O) groups is 1. The molecule has 1 atom stereocenters. The SMILES string of the molecule is CCOC(=O)C(CCCCCCN)CCCCCc1cccnc1. The van der Waals surface area contributed by atoms with E-state index in [0.717, 1.165) is 70.8 Å². The van der Waals surface area contributed by atoms with Crippen LogP contribution in [-0.4, -0.2) is 24.1 Å².